The summed E-state index contributed by atoms with van der Waals surface area (Å²) in [5.41, 5.74) is 6.90. The lowest BCUT2D eigenvalue weighted by Gasteiger charge is -2.22. The van der Waals surface area contributed by atoms with Gasteiger partial charge in [0.1, 0.15) is 5.82 Å². The molecule has 0 radical (unpaired) electrons. The molecule has 0 aliphatic heterocycles. The van der Waals surface area contributed by atoms with Gasteiger partial charge in [-0.05, 0) is 40.5 Å². The van der Waals surface area contributed by atoms with Crippen LogP contribution >= 0.6 is 0 Å². The highest BCUT2D eigenvalue weighted by Crippen LogP contribution is 2.27. The Morgan fingerprint density at radius 2 is 2.11 bits per heavy atom. The predicted molar refractivity (Wildman–Crippen MR) is 71.7 cm³/mol. The highest BCUT2D eigenvalue weighted by atomic mass is 19.1. The van der Waals surface area contributed by atoms with Crippen LogP contribution < -0.4 is 5.73 Å². The van der Waals surface area contributed by atoms with Gasteiger partial charge in [-0.2, -0.15) is 0 Å². The van der Waals surface area contributed by atoms with Crippen LogP contribution in [-0.4, -0.2) is 20.2 Å². The molecule has 0 aliphatic carbocycles. The third-order valence-electron chi connectivity index (χ3n) is 3.32. The third-order valence-corrected chi connectivity index (χ3v) is 3.32. The van der Waals surface area contributed by atoms with Crippen molar-refractivity contribution in [3.8, 4) is 11.4 Å². The van der Waals surface area contributed by atoms with Gasteiger partial charge in [0.15, 0.2) is 5.82 Å². The Labute approximate surface area is 111 Å². The Hall–Kier alpha value is -1.98. The highest BCUT2D eigenvalue weighted by molar-refractivity contribution is 5.71. The molecule has 0 bridgehead atoms. The number of aromatic nitrogens is 4. The number of tetrazole rings is 1. The highest BCUT2D eigenvalue weighted by Gasteiger charge is 2.20. The van der Waals surface area contributed by atoms with Crippen molar-refractivity contribution < 1.29 is 4.39 Å². The van der Waals surface area contributed by atoms with Crippen molar-refractivity contribution >= 4 is 5.69 Å². The maximum absolute atomic E-state index is 13.1. The summed E-state index contributed by atoms with van der Waals surface area (Å²) in [6.07, 6.45) is 1.01. The maximum atomic E-state index is 13.1. The standard InChI is InChI=1S/C13H18FN5/c1-4-13(2,3)8-19-12(16-17-18-19)10-6-5-9(14)7-11(10)15/h5-7H,4,8,15H2,1-3H3. The molecule has 5 nitrogen and oxygen atoms in total. The van der Waals surface area contributed by atoms with Crippen LogP contribution in [0.5, 0.6) is 0 Å². The van der Waals surface area contributed by atoms with E-state index >= 15 is 0 Å². The number of hydrogen-bond acceptors (Lipinski definition) is 4. The van der Waals surface area contributed by atoms with E-state index in [0.717, 1.165) is 6.42 Å². The molecule has 0 fully saturated rings. The van der Waals surface area contributed by atoms with E-state index in [2.05, 4.69) is 36.3 Å². The topological polar surface area (TPSA) is 69.6 Å². The fourth-order valence-electron chi connectivity index (χ4n) is 1.76. The summed E-state index contributed by atoms with van der Waals surface area (Å²) in [5.74, 6) is 0.202. The number of halogens is 1. The van der Waals surface area contributed by atoms with Crippen molar-refractivity contribution in [3.63, 3.8) is 0 Å². The smallest absolute Gasteiger partial charge is 0.184 e. The molecule has 2 rings (SSSR count). The third kappa shape index (κ3) is 2.89. The molecule has 6 heteroatoms. The number of nitrogens with zero attached hydrogens (tertiary/aromatic N) is 4. The molecule has 0 aliphatic rings. The Balaban J connectivity index is 2.39. The summed E-state index contributed by atoms with van der Waals surface area (Å²) in [4.78, 5) is 0. The minimum atomic E-state index is -0.367. The molecule has 1 aromatic heterocycles. The summed E-state index contributed by atoms with van der Waals surface area (Å²) in [6, 6.07) is 4.24. The zero-order chi connectivity index (χ0) is 14.0. The van der Waals surface area contributed by atoms with Gasteiger partial charge in [0.2, 0.25) is 0 Å². The average molecular weight is 263 g/mol. The lowest BCUT2D eigenvalue weighted by atomic mass is 9.90. The minimum Gasteiger partial charge on any atom is -0.398 e. The second kappa shape index (κ2) is 4.95. The molecule has 0 amide bonds. The Kier molecular flexibility index (Phi) is 3.50. The van der Waals surface area contributed by atoms with Crippen LogP contribution in [0.15, 0.2) is 18.2 Å². The Morgan fingerprint density at radius 3 is 2.74 bits per heavy atom. The summed E-state index contributed by atoms with van der Waals surface area (Å²) in [5, 5.41) is 11.7. The molecule has 0 spiro atoms. The molecular weight excluding hydrogens is 245 g/mol. The predicted octanol–water partition coefficient (Wildman–Crippen LogP) is 2.50. The fraction of sp³-hybridized carbons (Fsp3) is 0.462. The summed E-state index contributed by atoms with van der Waals surface area (Å²) in [7, 11) is 0. The second-order valence-corrected chi connectivity index (χ2v) is 5.41. The number of nitrogens with two attached hydrogens (primary N) is 1. The van der Waals surface area contributed by atoms with Crippen LogP contribution in [0.3, 0.4) is 0 Å². The van der Waals surface area contributed by atoms with Gasteiger partial charge in [-0.25, -0.2) is 9.07 Å². The van der Waals surface area contributed by atoms with Gasteiger partial charge in [0.05, 0.1) is 6.54 Å². The van der Waals surface area contributed by atoms with Crippen LogP contribution in [0.25, 0.3) is 11.4 Å². The Morgan fingerprint density at radius 1 is 1.37 bits per heavy atom. The van der Waals surface area contributed by atoms with Crippen molar-refractivity contribution in [3.05, 3.63) is 24.0 Å². The van der Waals surface area contributed by atoms with E-state index in [1.165, 1.54) is 12.1 Å². The van der Waals surface area contributed by atoms with Gasteiger partial charge in [-0.15, -0.1) is 5.10 Å². The number of benzene rings is 1. The van der Waals surface area contributed by atoms with Crippen LogP contribution in [-0.2, 0) is 6.54 Å². The van der Waals surface area contributed by atoms with Crippen molar-refractivity contribution in [2.24, 2.45) is 5.41 Å². The quantitative estimate of drug-likeness (QED) is 0.860. The number of rotatable bonds is 4. The minimum absolute atomic E-state index is 0.0823. The molecule has 2 N–H and O–H groups in total. The summed E-state index contributed by atoms with van der Waals surface area (Å²) < 4.78 is 14.8. The molecule has 0 saturated heterocycles. The molecule has 19 heavy (non-hydrogen) atoms. The number of hydrogen-bond donors (Lipinski definition) is 1. The fourth-order valence-corrected chi connectivity index (χ4v) is 1.76. The van der Waals surface area contributed by atoms with Gasteiger partial charge in [-0.3, -0.25) is 0 Å². The number of nitrogen functional groups attached to an aromatic ring is 1. The van der Waals surface area contributed by atoms with Crippen molar-refractivity contribution in [2.75, 3.05) is 5.73 Å². The van der Waals surface area contributed by atoms with Crippen LogP contribution in [0.2, 0.25) is 0 Å². The van der Waals surface area contributed by atoms with E-state index in [9.17, 15) is 4.39 Å². The van der Waals surface area contributed by atoms with Crippen molar-refractivity contribution in [1.29, 1.82) is 0 Å². The van der Waals surface area contributed by atoms with Gasteiger partial charge in [0.25, 0.3) is 0 Å². The molecule has 0 saturated carbocycles. The zero-order valence-electron chi connectivity index (χ0n) is 11.4. The van der Waals surface area contributed by atoms with E-state index in [0.29, 0.717) is 23.6 Å². The molecule has 1 aromatic carbocycles. The van der Waals surface area contributed by atoms with E-state index in [1.54, 1.807) is 10.7 Å². The maximum Gasteiger partial charge on any atom is 0.184 e. The molecule has 0 atom stereocenters. The first-order valence-electron chi connectivity index (χ1n) is 6.24. The lowest BCUT2D eigenvalue weighted by Crippen LogP contribution is -2.20. The zero-order valence-corrected chi connectivity index (χ0v) is 11.4. The van der Waals surface area contributed by atoms with Gasteiger partial charge in [0, 0.05) is 11.3 Å². The van der Waals surface area contributed by atoms with E-state index in [1.807, 2.05) is 0 Å². The lowest BCUT2D eigenvalue weighted by molar-refractivity contribution is 0.279. The van der Waals surface area contributed by atoms with Gasteiger partial charge in [-0.1, -0.05) is 20.8 Å². The number of anilines is 1. The first-order chi connectivity index (χ1) is 8.93. The van der Waals surface area contributed by atoms with E-state index in [4.69, 9.17) is 5.73 Å². The second-order valence-electron chi connectivity index (χ2n) is 5.41. The van der Waals surface area contributed by atoms with Crippen molar-refractivity contribution in [2.45, 2.75) is 33.7 Å². The van der Waals surface area contributed by atoms with Crippen LogP contribution in [0, 0.1) is 11.2 Å². The van der Waals surface area contributed by atoms with Gasteiger partial charge >= 0.3 is 0 Å². The molecule has 2 aromatic rings. The van der Waals surface area contributed by atoms with Gasteiger partial charge < -0.3 is 5.73 Å². The first-order valence-corrected chi connectivity index (χ1v) is 6.24. The SMILES string of the molecule is CCC(C)(C)Cn1nnnc1-c1ccc(F)cc1N. The van der Waals surface area contributed by atoms with Crippen LogP contribution in [0.1, 0.15) is 27.2 Å². The first kappa shape index (κ1) is 13.5. The largest absolute Gasteiger partial charge is 0.398 e. The van der Waals surface area contributed by atoms with Crippen molar-refractivity contribution in [1.82, 2.24) is 20.2 Å². The summed E-state index contributed by atoms with van der Waals surface area (Å²) >= 11 is 0. The molecule has 0 unspecified atom stereocenters. The Bertz CT molecular complexity index is 576. The molecule has 102 valence electrons. The summed E-state index contributed by atoms with van der Waals surface area (Å²) in [6.45, 7) is 7.10. The normalized spacial score (nSPS) is 11.8. The van der Waals surface area contributed by atoms with E-state index < -0.39 is 0 Å². The van der Waals surface area contributed by atoms with Crippen LogP contribution in [0.4, 0.5) is 10.1 Å². The van der Waals surface area contributed by atoms with E-state index in [-0.39, 0.29) is 11.2 Å². The average Bonchev–Trinajstić information content (AvgIpc) is 2.76. The molecule has 1 heterocycles. The molecular formula is C13H18FN5. The monoisotopic (exact) mass is 263 g/mol.